The molecule has 0 aromatic rings. The predicted molar refractivity (Wildman–Crippen MR) is 69.7 cm³/mol. The fourth-order valence-electron chi connectivity index (χ4n) is 0. The molecule has 0 N–H and O–H groups in total. The van der Waals surface area contributed by atoms with Crippen LogP contribution in [0.25, 0.3) is 0 Å². The van der Waals surface area contributed by atoms with E-state index in [1.807, 2.05) is 0 Å². The predicted octanol–water partition coefficient (Wildman–Crippen LogP) is 6.10. The summed E-state index contributed by atoms with van der Waals surface area (Å²) >= 11 is 27.6. The van der Waals surface area contributed by atoms with Crippen LogP contribution in [0.3, 0.4) is 0 Å². The van der Waals surface area contributed by atoms with Crippen molar-refractivity contribution in [1.82, 2.24) is 0 Å². The Hall–Kier alpha value is 3.70. The van der Waals surface area contributed by atoms with E-state index in [0.29, 0.717) is 0 Å². The second-order valence-electron chi connectivity index (χ2n) is 1.42. The summed E-state index contributed by atoms with van der Waals surface area (Å²) in [6.07, 6.45) is 0. The zero-order valence-corrected chi connectivity index (χ0v) is 15.7. The Morgan fingerprint density at radius 1 is 0.538 bits per heavy atom. The van der Waals surface area contributed by atoms with Crippen LogP contribution in [-0.4, -0.2) is 21.5 Å². The first-order valence-corrected chi connectivity index (χ1v) is 18.9. The van der Waals surface area contributed by atoms with Crippen molar-refractivity contribution in [3.05, 3.63) is 0 Å². The van der Waals surface area contributed by atoms with Crippen molar-refractivity contribution in [2.45, 2.75) is 7.59 Å². The summed E-state index contributed by atoms with van der Waals surface area (Å²) in [5.41, 5.74) is 0. The average Bonchev–Trinajstić information content (AvgIpc) is 1.50. The van der Waals surface area contributed by atoms with E-state index in [0.717, 1.165) is 0 Å². The van der Waals surface area contributed by atoms with E-state index in [1.165, 1.54) is 0 Å². The van der Waals surface area contributed by atoms with E-state index < -0.39 is 21.5 Å². The number of hydrogen-bond acceptors (Lipinski definition) is 0. The van der Waals surface area contributed by atoms with Gasteiger partial charge >= 0.3 is 49.6 Å². The molecule has 0 radical (unpaired) electrons. The Morgan fingerprint density at radius 3 is 0.615 bits per heavy atom. The van der Waals surface area contributed by atoms with Crippen molar-refractivity contribution >= 4 is 119 Å². The molecule has 0 heterocycles. The van der Waals surface area contributed by atoms with E-state index in [4.69, 9.17) is 105 Å². The van der Waals surface area contributed by atoms with Crippen LogP contribution in [0.2, 0.25) is 0 Å². The molecule has 0 bridgehead atoms. The van der Waals surface area contributed by atoms with Crippen molar-refractivity contribution in [2.75, 3.05) is 0 Å². The Balaban J connectivity index is 0. The van der Waals surface area contributed by atoms with Gasteiger partial charge in [0.05, 0.1) is 0 Å². The van der Waals surface area contributed by atoms with Gasteiger partial charge in [0.15, 0.2) is 0 Å². The fourth-order valence-corrected chi connectivity index (χ4v) is 0. The third-order valence-electron chi connectivity index (χ3n) is 0.321. The van der Waals surface area contributed by atoms with Crippen molar-refractivity contribution in [1.29, 1.82) is 0 Å². The van der Waals surface area contributed by atoms with Crippen LogP contribution in [0.4, 0.5) is 0 Å². The van der Waals surface area contributed by atoms with Gasteiger partial charge in [-0.1, -0.05) is 69.6 Å². The first-order valence-electron chi connectivity index (χ1n) is 2.14. The molecule has 0 nitrogen and oxygen atoms in total. The molecule has 0 saturated carbocycles. The first kappa shape index (κ1) is 19.0. The molecule has 0 aromatic heterocycles. The van der Waals surface area contributed by atoms with Gasteiger partial charge < -0.3 is 0 Å². The zero-order chi connectivity index (χ0) is 11.5. The van der Waals surface area contributed by atoms with Crippen LogP contribution in [0, 0.1) is 0 Å². The fraction of sp³-hybridized carbons (Fsp3) is 1.00. The van der Waals surface area contributed by atoms with Crippen LogP contribution in [0.15, 0.2) is 0 Å². The van der Waals surface area contributed by atoms with Gasteiger partial charge in [-0.15, -0.1) is 0 Å². The molecule has 0 unspecified atom stereocenters. The van der Waals surface area contributed by atoms with E-state index in [1.54, 1.807) is 0 Å². The molecule has 11 heteroatoms. The van der Waals surface area contributed by atoms with Crippen molar-refractivity contribution < 1.29 is 0 Å². The maximum atomic E-state index is 5.14. The van der Waals surface area contributed by atoms with Crippen LogP contribution in [0.1, 0.15) is 0 Å². The molecule has 0 aliphatic heterocycles. The molecular weight excluding hydrogens is 497 g/mol. The van der Waals surface area contributed by atoms with Crippen LogP contribution in [0.5, 0.6) is 0 Å². The SMILES string of the molecule is ClC(Cl)(Cl)C(Cl)(Cl)Cl.[Cl][Sn]([Cl])([Cl])[Cl]. The standard InChI is InChI=1S/C2Cl6.4ClH.Sn/c3-1(4,5)2(6,7)8;;;;;/h;4*1H;/q;;;;;+4/p-4. The second kappa shape index (κ2) is 7.20. The van der Waals surface area contributed by atoms with Crippen molar-refractivity contribution in [3.63, 3.8) is 0 Å². The first-order chi connectivity index (χ1) is 5.25. The van der Waals surface area contributed by atoms with E-state index in [2.05, 4.69) is 0 Å². The minimum absolute atomic E-state index is 1.85. The Morgan fingerprint density at radius 2 is 0.615 bits per heavy atom. The quantitative estimate of drug-likeness (QED) is 0.280. The van der Waals surface area contributed by atoms with Crippen molar-refractivity contribution in [3.8, 4) is 0 Å². The normalized spacial score (nSPS) is 13.4. The van der Waals surface area contributed by atoms with Gasteiger partial charge in [-0.2, -0.15) is 0 Å². The summed E-state index contributed by atoms with van der Waals surface area (Å²) in [5.74, 6) is 0. The summed E-state index contributed by atoms with van der Waals surface area (Å²) in [6.45, 7) is 0. The second-order valence-corrected chi connectivity index (χ2v) is 31.4. The average molecular weight is 497 g/mol. The molecule has 13 heavy (non-hydrogen) atoms. The van der Waals surface area contributed by atoms with Gasteiger partial charge in [0.25, 0.3) is 0 Å². The summed E-state index contributed by atoms with van der Waals surface area (Å²) in [4.78, 5) is 0. The molecule has 0 aromatic carbocycles. The van der Waals surface area contributed by atoms with Crippen LogP contribution >= 0.6 is 105 Å². The topological polar surface area (TPSA) is 0 Å². The van der Waals surface area contributed by atoms with E-state index in [-0.39, 0.29) is 0 Å². The molecule has 0 amide bonds. The number of rotatable bonds is 0. The van der Waals surface area contributed by atoms with Gasteiger partial charge in [0.1, 0.15) is 0 Å². The number of alkyl halides is 6. The third kappa shape index (κ3) is 18.3. The molecule has 0 saturated heterocycles. The Bertz CT molecular complexity index is 116. The molecule has 0 atom stereocenters. The molecule has 0 fully saturated rings. The summed E-state index contributed by atoms with van der Waals surface area (Å²) in [6, 6.07) is 0. The monoisotopic (exact) mass is 494 g/mol. The Labute approximate surface area is 125 Å². The van der Waals surface area contributed by atoms with E-state index >= 15 is 0 Å². The Kier molecular flexibility index (Phi) is 10.6. The van der Waals surface area contributed by atoms with Gasteiger partial charge in [-0.05, 0) is 0 Å². The van der Waals surface area contributed by atoms with Gasteiger partial charge in [0.2, 0.25) is 7.59 Å². The van der Waals surface area contributed by atoms with Crippen LogP contribution in [-0.2, 0) is 0 Å². The number of halogens is 10. The third-order valence-corrected chi connectivity index (χ3v) is 2.89. The van der Waals surface area contributed by atoms with Gasteiger partial charge in [-0.25, -0.2) is 0 Å². The molecule has 0 rings (SSSR count). The van der Waals surface area contributed by atoms with Gasteiger partial charge in [0, 0.05) is 0 Å². The number of hydrogen-bond donors (Lipinski definition) is 0. The molecular formula is C2Cl10Sn. The zero-order valence-electron chi connectivity index (χ0n) is 5.28. The summed E-state index contributed by atoms with van der Waals surface area (Å²) < 4.78 is -3.70. The maximum absolute atomic E-state index is 5.14. The van der Waals surface area contributed by atoms with Crippen LogP contribution < -0.4 is 0 Å². The van der Waals surface area contributed by atoms with Crippen molar-refractivity contribution in [2.24, 2.45) is 0 Å². The molecule has 82 valence electrons. The minimum atomic E-state index is -3.29. The van der Waals surface area contributed by atoms with E-state index in [9.17, 15) is 0 Å². The summed E-state index contributed by atoms with van der Waals surface area (Å²) in [7, 11) is 20.1. The molecule has 0 aliphatic carbocycles. The molecule has 0 aliphatic rings. The summed E-state index contributed by atoms with van der Waals surface area (Å²) in [5, 5.41) is 0. The molecule has 0 spiro atoms. The van der Waals surface area contributed by atoms with Gasteiger partial charge in [-0.3, -0.25) is 0 Å².